The van der Waals surface area contributed by atoms with Gasteiger partial charge in [-0.25, -0.2) is 4.98 Å². The minimum absolute atomic E-state index is 0.0912. The quantitative estimate of drug-likeness (QED) is 0.159. The molecule has 0 radical (unpaired) electrons. The molecule has 0 amide bonds. The predicted molar refractivity (Wildman–Crippen MR) is 285 cm³/mol. The molecule has 0 fully saturated rings. The van der Waals surface area contributed by atoms with E-state index in [1.165, 1.54) is 83.1 Å². The number of benzene rings is 9. The summed E-state index contributed by atoms with van der Waals surface area (Å²) in [5.74, 6) is 0. The lowest BCUT2D eigenvalue weighted by Gasteiger charge is -2.29. The van der Waals surface area contributed by atoms with Crippen molar-refractivity contribution in [3.05, 3.63) is 247 Å². The minimum atomic E-state index is -0.126. The van der Waals surface area contributed by atoms with Gasteiger partial charge in [-0.05, 0) is 129 Å². The molecular weight excluding hydrogens is 823 g/mol. The van der Waals surface area contributed by atoms with Crippen LogP contribution in [0.1, 0.15) is 49.9 Å². The number of rotatable bonds is 7. The Morgan fingerprint density at radius 1 is 0.368 bits per heavy atom. The average Bonchev–Trinajstić information content (AvgIpc) is 3.93. The summed E-state index contributed by atoms with van der Waals surface area (Å²) >= 11 is 0. The van der Waals surface area contributed by atoms with Crippen LogP contribution < -0.4 is 4.90 Å². The van der Waals surface area contributed by atoms with E-state index in [1.54, 1.807) is 0 Å². The molecule has 0 atom stereocenters. The molecule has 2 aromatic heterocycles. The third kappa shape index (κ3) is 6.09. The van der Waals surface area contributed by atoms with E-state index in [4.69, 9.17) is 4.98 Å². The highest BCUT2D eigenvalue weighted by Gasteiger charge is 2.38. The lowest BCUT2D eigenvalue weighted by molar-refractivity contribution is 0.660. The van der Waals surface area contributed by atoms with E-state index >= 15 is 0 Å². The van der Waals surface area contributed by atoms with Crippen LogP contribution in [0.3, 0.4) is 0 Å². The van der Waals surface area contributed by atoms with Crippen molar-refractivity contribution in [1.82, 2.24) is 9.55 Å². The monoisotopic (exact) mass is 871 g/mol. The van der Waals surface area contributed by atoms with Gasteiger partial charge in [0.15, 0.2) is 0 Å². The maximum Gasteiger partial charge on any atom is 0.0709 e. The van der Waals surface area contributed by atoms with Gasteiger partial charge in [0.1, 0.15) is 0 Å². The van der Waals surface area contributed by atoms with Gasteiger partial charge in [-0.3, -0.25) is 0 Å². The van der Waals surface area contributed by atoms with Gasteiger partial charge in [0.05, 0.1) is 28.1 Å². The Morgan fingerprint density at radius 3 is 1.60 bits per heavy atom. The van der Waals surface area contributed by atoms with Crippen molar-refractivity contribution < 1.29 is 0 Å². The van der Waals surface area contributed by atoms with Gasteiger partial charge in [-0.2, -0.15) is 0 Å². The third-order valence-electron chi connectivity index (χ3n) is 15.0. The maximum atomic E-state index is 5.10. The summed E-state index contributed by atoms with van der Waals surface area (Å²) in [6, 6.07) is 82.3. The molecule has 2 aliphatic carbocycles. The molecule has 11 aromatic rings. The van der Waals surface area contributed by atoms with Crippen LogP contribution in [0, 0.1) is 0 Å². The van der Waals surface area contributed by atoms with E-state index in [1.807, 2.05) is 6.07 Å². The van der Waals surface area contributed by atoms with E-state index in [-0.39, 0.29) is 10.8 Å². The Kier molecular flexibility index (Phi) is 8.91. The Balaban J connectivity index is 0.939. The van der Waals surface area contributed by atoms with Crippen molar-refractivity contribution in [1.29, 1.82) is 0 Å². The van der Waals surface area contributed by atoms with Gasteiger partial charge < -0.3 is 9.47 Å². The smallest absolute Gasteiger partial charge is 0.0709 e. The third-order valence-corrected chi connectivity index (χ3v) is 15.0. The Morgan fingerprint density at radius 2 is 0.897 bits per heavy atom. The number of nitrogens with zero attached hydrogens (tertiary/aromatic N) is 3. The van der Waals surface area contributed by atoms with Gasteiger partial charge in [0, 0.05) is 55.4 Å². The van der Waals surface area contributed by atoms with Crippen molar-refractivity contribution in [3.8, 4) is 61.6 Å². The van der Waals surface area contributed by atoms with Gasteiger partial charge in [0.2, 0.25) is 0 Å². The molecule has 68 heavy (non-hydrogen) atoms. The van der Waals surface area contributed by atoms with Crippen LogP contribution in [0.2, 0.25) is 0 Å². The van der Waals surface area contributed by atoms with Crippen molar-refractivity contribution in [2.45, 2.75) is 38.5 Å². The fourth-order valence-electron chi connectivity index (χ4n) is 11.5. The summed E-state index contributed by atoms with van der Waals surface area (Å²) in [5.41, 5.74) is 23.9. The summed E-state index contributed by atoms with van der Waals surface area (Å²) < 4.78 is 2.45. The largest absolute Gasteiger partial charge is 0.310 e. The zero-order valence-corrected chi connectivity index (χ0v) is 38.7. The topological polar surface area (TPSA) is 21.1 Å². The van der Waals surface area contributed by atoms with Crippen LogP contribution in [0.25, 0.3) is 83.4 Å². The highest BCUT2D eigenvalue weighted by atomic mass is 15.1. The molecule has 0 N–H and O–H groups in total. The molecule has 3 heteroatoms. The predicted octanol–water partition coefficient (Wildman–Crippen LogP) is 17.3. The van der Waals surface area contributed by atoms with Gasteiger partial charge in [-0.1, -0.05) is 173 Å². The van der Waals surface area contributed by atoms with Crippen molar-refractivity contribution >= 4 is 38.9 Å². The first-order valence-electron chi connectivity index (χ1n) is 23.8. The molecule has 3 nitrogen and oxygen atoms in total. The van der Waals surface area contributed by atoms with E-state index in [2.05, 4.69) is 256 Å². The SMILES string of the molecule is CC1(C)c2ccccc2-c2cc3c4cc(-c5ccc(N(c6ccc(-c7cccc(-c8ccccc8)n7)cc6)c6cccc7c6-c6ccccc6C7(C)C)cc5)ccc4n(-c4ccccc4)c3cc21. The summed E-state index contributed by atoms with van der Waals surface area (Å²) in [6.45, 7) is 9.44. The number of pyridine rings is 1. The fourth-order valence-corrected chi connectivity index (χ4v) is 11.5. The zero-order chi connectivity index (χ0) is 45.7. The number of anilines is 3. The second-order valence-electron chi connectivity index (χ2n) is 19.6. The summed E-state index contributed by atoms with van der Waals surface area (Å²) in [7, 11) is 0. The van der Waals surface area contributed by atoms with Crippen LogP contribution in [-0.2, 0) is 10.8 Å². The number of fused-ring (bicyclic) bond motifs is 9. The van der Waals surface area contributed by atoms with E-state index in [0.29, 0.717) is 0 Å². The second-order valence-corrected chi connectivity index (χ2v) is 19.6. The molecule has 0 spiro atoms. The van der Waals surface area contributed by atoms with Gasteiger partial charge in [-0.15, -0.1) is 0 Å². The normalized spacial score (nSPS) is 13.8. The zero-order valence-electron chi connectivity index (χ0n) is 38.7. The molecule has 2 heterocycles. The number of hydrogen-bond acceptors (Lipinski definition) is 2. The Hall–Kier alpha value is -8.27. The minimum Gasteiger partial charge on any atom is -0.310 e. The van der Waals surface area contributed by atoms with Crippen LogP contribution in [0.4, 0.5) is 17.1 Å². The van der Waals surface area contributed by atoms with Crippen LogP contribution >= 0.6 is 0 Å². The second kappa shape index (κ2) is 15.1. The Labute approximate surface area is 398 Å². The number of para-hydroxylation sites is 1. The van der Waals surface area contributed by atoms with Crippen LogP contribution in [0.15, 0.2) is 224 Å². The van der Waals surface area contributed by atoms with E-state index in [0.717, 1.165) is 39.6 Å². The molecular formula is C65H49N3. The molecule has 324 valence electrons. The van der Waals surface area contributed by atoms with Crippen molar-refractivity contribution in [3.63, 3.8) is 0 Å². The van der Waals surface area contributed by atoms with Gasteiger partial charge in [0.25, 0.3) is 0 Å². The molecule has 0 saturated carbocycles. The number of aromatic nitrogens is 2. The molecule has 0 unspecified atom stereocenters. The van der Waals surface area contributed by atoms with E-state index < -0.39 is 0 Å². The Bertz CT molecular complexity index is 3760. The average molecular weight is 872 g/mol. The molecule has 0 saturated heterocycles. The maximum absolute atomic E-state index is 5.10. The van der Waals surface area contributed by atoms with Crippen molar-refractivity contribution in [2.24, 2.45) is 0 Å². The first-order valence-corrected chi connectivity index (χ1v) is 23.8. The van der Waals surface area contributed by atoms with Gasteiger partial charge >= 0.3 is 0 Å². The highest BCUT2D eigenvalue weighted by Crippen LogP contribution is 2.55. The molecule has 0 aliphatic heterocycles. The lowest BCUT2D eigenvalue weighted by atomic mass is 9.82. The first kappa shape index (κ1) is 40.0. The molecule has 0 bridgehead atoms. The first-order chi connectivity index (χ1) is 33.2. The summed E-state index contributed by atoms with van der Waals surface area (Å²) in [5, 5.41) is 2.52. The molecule has 9 aromatic carbocycles. The number of hydrogen-bond donors (Lipinski definition) is 0. The highest BCUT2D eigenvalue weighted by molar-refractivity contribution is 6.13. The fraction of sp³-hybridized carbons (Fsp3) is 0.0923. The molecule has 13 rings (SSSR count). The van der Waals surface area contributed by atoms with E-state index in [9.17, 15) is 0 Å². The lowest BCUT2D eigenvalue weighted by Crippen LogP contribution is -2.16. The van der Waals surface area contributed by atoms with Crippen LogP contribution in [-0.4, -0.2) is 9.55 Å². The standard InChI is InChI=1S/C65H49N3/c1-64(2)55-24-14-12-22-50(55)63-56(64)25-15-28-61(63)67(48-36-31-44(32-37-48)59-27-16-26-58(66-59)43-17-7-5-8-18-43)47-34-29-42(30-35-47)45-33-38-60-52(39-45)53-40-51-49-21-11-13-23-54(49)65(3,4)57(51)41-62(53)68(60)46-19-9-6-10-20-46/h5-41H,1-4H3. The van der Waals surface area contributed by atoms with Crippen LogP contribution in [0.5, 0.6) is 0 Å². The van der Waals surface area contributed by atoms with Crippen molar-refractivity contribution in [2.75, 3.05) is 4.90 Å². The molecule has 2 aliphatic rings. The summed E-state index contributed by atoms with van der Waals surface area (Å²) in [4.78, 5) is 7.54. The summed E-state index contributed by atoms with van der Waals surface area (Å²) in [6.07, 6.45) is 0.